The third-order valence-corrected chi connectivity index (χ3v) is 9.57. The minimum Gasteiger partial charge on any atom is -0.294 e. The maximum Gasteiger partial charge on any atom is 0.138 e. The molecule has 1 aliphatic heterocycles. The number of rotatable bonds is 3. The second-order valence-corrected chi connectivity index (χ2v) is 12.4. The number of benzene rings is 6. The SMILES string of the molecule is CC1(C)c2ccccc2-c2cc3c(cc21)N(c1cc(-c2ccccc2)cc(-c2ccccc2)n1)c1cccc2cccc-3c12. The van der Waals surface area contributed by atoms with Crippen molar-refractivity contribution in [3.05, 3.63) is 157 Å². The predicted octanol–water partition coefficient (Wildman–Crippen LogP) is 11.3. The maximum atomic E-state index is 5.41. The lowest BCUT2D eigenvalue weighted by molar-refractivity contribution is 0.660. The van der Waals surface area contributed by atoms with Crippen LogP contribution in [0.15, 0.2) is 146 Å². The molecule has 1 aromatic heterocycles. The van der Waals surface area contributed by atoms with E-state index < -0.39 is 0 Å². The van der Waals surface area contributed by atoms with Crippen molar-refractivity contribution >= 4 is 28.0 Å². The minimum absolute atomic E-state index is 0.107. The zero-order valence-corrected chi connectivity index (χ0v) is 24.8. The van der Waals surface area contributed by atoms with E-state index in [-0.39, 0.29) is 5.41 Å². The van der Waals surface area contributed by atoms with Gasteiger partial charge in [-0.1, -0.05) is 129 Å². The summed E-state index contributed by atoms with van der Waals surface area (Å²) in [6, 6.07) is 52.8. The van der Waals surface area contributed by atoms with Crippen LogP contribution in [0.5, 0.6) is 0 Å². The van der Waals surface area contributed by atoms with Gasteiger partial charge in [0.05, 0.1) is 17.1 Å². The monoisotopic (exact) mass is 562 g/mol. The van der Waals surface area contributed by atoms with Gasteiger partial charge in [0.15, 0.2) is 0 Å². The fraction of sp³-hybridized carbons (Fsp3) is 0.0714. The summed E-state index contributed by atoms with van der Waals surface area (Å²) in [7, 11) is 0. The van der Waals surface area contributed by atoms with Gasteiger partial charge in [-0.05, 0) is 74.7 Å². The van der Waals surface area contributed by atoms with Gasteiger partial charge in [0.25, 0.3) is 0 Å². The molecular formula is C42H30N2. The Balaban J connectivity index is 1.37. The lowest BCUT2D eigenvalue weighted by Crippen LogP contribution is -2.19. The van der Waals surface area contributed by atoms with Crippen molar-refractivity contribution in [3.63, 3.8) is 0 Å². The van der Waals surface area contributed by atoms with Crippen molar-refractivity contribution in [1.29, 1.82) is 0 Å². The van der Waals surface area contributed by atoms with Crippen molar-refractivity contribution in [2.24, 2.45) is 0 Å². The maximum absolute atomic E-state index is 5.41. The van der Waals surface area contributed by atoms with E-state index in [0.29, 0.717) is 0 Å². The van der Waals surface area contributed by atoms with E-state index in [1.54, 1.807) is 0 Å². The third kappa shape index (κ3) is 3.58. The van der Waals surface area contributed by atoms with Crippen molar-refractivity contribution in [1.82, 2.24) is 4.98 Å². The predicted molar refractivity (Wildman–Crippen MR) is 184 cm³/mol. The van der Waals surface area contributed by atoms with Crippen LogP contribution in [0.1, 0.15) is 25.0 Å². The highest BCUT2D eigenvalue weighted by atomic mass is 15.2. The molecule has 0 radical (unpaired) electrons. The van der Waals surface area contributed by atoms with Gasteiger partial charge in [-0.3, -0.25) is 4.90 Å². The first kappa shape index (κ1) is 25.1. The lowest BCUT2D eigenvalue weighted by Gasteiger charge is -2.34. The normalized spacial score (nSPS) is 13.8. The molecule has 1 aliphatic carbocycles. The first-order chi connectivity index (χ1) is 21.6. The number of hydrogen-bond acceptors (Lipinski definition) is 2. The molecule has 0 fully saturated rings. The fourth-order valence-corrected chi connectivity index (χ4v) is 7.43. The molecule has 44 heavy (non-hydrogen) atoms. The summed E-state index contributed by atoms with van der Waals surface area (Å²) >= 11 is 0. The lowest BCUT2D eigenvalue weighted by atomic mass is 9.81. The molecule has 0 unspecified atom stereocenters. The first-order valence-corrected chi connectivity index (χ1v) is 15.3. The highest BCUT2D eigenvalue weighted by Gasteiger charge is 2.38. The molecule has 7 aromatic rings. The number of fused-ring (bicyclic) bond motifs is 5. The molecule has 2 nitrogen and oxygen atoms in total. The van der Waals surface area contributed by atoms with Gasteiger partial charge < -0.3 is 0 Å². The summed E-state index contributed by atoms with van der Waals surface area (Å²) in [6.45, 7) is 4.71. The van der Waals surface area contributed by atoms with Crippen LogP contribution in [0.25, 0.3) is 55.4 Å². The Bertz CT molecular complexity index is 2180. The van der Waals surface area contributed by atoms with Crippen LogP contribution >= 0.6 is 0 Å². The van der Waals surface area contributed by atoms with Gasteiger partial charge in [-0.25, -0.2) is 4.98 Å². The third-order valence-electron chi connectivity index (χ3n) is 9.57. The van der Waals surface area contributed by atoms with E-state index in [1.165, 1.54) is 55.4 Å². The Kier molecular flexibility index (Phi) is 5.28. The molecule has 2 heterocycles. The summed E-state index contributed by atoms with van der Waals surface area (Å²) in [5, 5.41) is 2.50. The summed E-state index contributed by atoms with van der Waals surface area (Å²) in [5.41, 5.74) is 14.5. The molecule has 208 valence electrons. The highest BCUT2D eigenvalue weighted by Crippen LogP contribution is 2.57. The molecule has 0 amide bonds. The van der Waals surface area contributed by atoms with Gasteiger partial charge in [-0.15, -0.1) is 0 Å². The van der Waals surface area contributed by atoms with Gasteiger partial charge in [-0.2, -0.15) is 0 Å². The van der Waals surface area contributed by atoms with Gasteiger partial charge in [0.2, 0.25) is 0 Å². The van der Waals surface area contributed by atoms with Crippen LogP contribution in [0.2, 0.25) is 0 Å². The largest absolute Gasteiger partial charge is 0.294 e. The molecule has 2 heteroatoms. The Morgan fingerprint density at radius 2 is 1.16 bits per heavy atom. The second-order valence-electron chi connectivity index (χ2n) is 12.4. The molecule has 0 saturated heterocycles. The summed E-state index contributed by atoms with van der Waals surface area (Å²) in [4.78, 5) is 7.81. The average molecular weight is 563 g/mol. The van der Waals surface area contributed by atoms with E-state index in [9.17, 15) is 0 Å². The molecule has 0 bridgehead atoms. The molecule has 0 atom stereocenters. The highest BCUT2D eigenvalue weighted by molar-refractivity contribution is 6.14. The standard InChI is InChI=1S/C42H30N2/c1-42(2)35-21-10-9-19-31(35)33-25-34-32-20-11-17-29-18-12-22-38(41(29)32)44(39(34)26-36(33)42)40-24-30(27-13-5-3-6-14-27)23-37(43-40)28-15-7-4-8-16-28/h3-26H,1-2H3. The number of hydrogen-bond donors (Lipinski definition) is 0. The zero-order chi connectivity index (χ0) is 29.4. The first-order valence-electron chi connectivity index (χ1n) is 15.3. The fourth-order valence-electron chi connectivity index (χ4n) is 7.43. The molecule has 0 N–H and O–H groups in total. The molecular weight excluding hydrogens is 532 g/mol. The molecule has 0 spiro atoms. The van der Waals surface area contributed by atoms with Crippen molar-refractivity contribution in [2.75, 3.05) is 4.90 Å². The van der Waals surface area contributed by atoms with Crippen LogP contribution in [0.4, 0.5) is 17.2 Å². The Morgan fingerprint density at radius 3 is 1.95 bits per heavy atom. The summed E-state index contributed by atoms with van der Waals surface area (Å²) in [6.07, 6.45) is 0. The van der Waals surface area contributed by atoms with Crippen molar-refractivity contribution in [2.45, 2.75) is 19.3 Å². The Labute approximate surface area is 257 Å². The van der Waals surface area contributed by atoms with Crippen LogP contribution in [0, 0.1) is 0 Å². The summed E-state index contributed by atoms with van der Waals surface area (Å²) < 4.78 is 0. The number of pyridine rings is 1. The summed E-state index contributed by atoms with van der Waals surface area (Å²) in [5.74, 6) is 0.918. The van der Waals surface area contributed by atoms with E-state index in [1.807, 2.05) is 0 Å². The number of anilines is 3. The van der Waals surface area contributed by atoms with Crippen LogP contribution in [0.3, 0.4) is 0 Å². The topological polar surface area (TPSA) is 16.1 Å². The number of nitrogens with zero attached hydrogens (tertiary/aromatic N) is 2. The number of aromatic nitrogens is 1. The average Bonchev–Trinajstić information content (AvgIpc) is 3.30. The molecule has 9 rings (SSSR count). The van der Waals surface area contributed by atoms with Gasteiger partial charge in [0.1, 0.15) is 5.82 Å². The van der Waals surface area contributed by atoms with E-state index in [4.69, 9.17) is 4.98 Å². The van der Waals surface area contributed by atoms with Crippen molar-refractivity contribution in [3.8, 4) is 44.6 Å². The Hall–Kier alpha value is -5.47. The molecule has 6 aromatic carbocycles. The van der Waals surface area contributed by atoms with Crippen molar-refractivity contribution < 1.29 is 0 Å². The Morgan fingerprint density at radius 1 is 0.477 bits per heavy atom. The van der Waals surface area contributed by atoms with Gasteiger partial charge in [0, 0.05) is 21.9 Å². The van der Waals surface area contributed by atoms with Crippen LogP contribution < -0.4 is 4.90 Å². The van der Waals surface area contributed by atoms with Crippen LogP contribution in [-0.2, 0) is 5.41 Å². The van der Waals surface area contributed by atoms with E-state index in [2.05, 4.69) is 164 Å². The minimum atomic E-state index is -0.107. The van der Waals surface area contributed by atoms with Crippen LogP contribution in [-0.4, -0.2) is 4.98 Å². The van der Waals surface area contributed by atoms with E-state index >= 15 is 0 Å². The second kappa shape index (κ2) is 9.26. The smallest absolute Gasteiger partial charge is 0.138 e. The quantitative estimate of drug-likeness (QED) is 0.213. The van der Waals surface area contributed by atoms with Gasteiger partial charge >= 0.3 is 0 Å². The zero-order valence-electron chi connectivity index (χ0n) is 24.8. The molecule has 2 aliphatic rings. The molecule has 0 saturated carbocycles. The van der Waals surface area contributed by atoms with E-state index in [0.717, 1.165) is 28.3 Å².